The van der Waals surface area contributed by atoms with Crippen molar-refractivity contribution in [3.63, 3.8) is 0 Å². The maximum Gasteiger partial charge on any atom is 0.229 e. The number of sulfonamides is 1. The molecule has 1 aliphatic heterocycles. The van der Waals surface area contributed by atoms with Gasteiger partial charge in [0, 0.05) is 22.4 Å². The van der Waals surface area contributed by atoms with Crippen molar-refractivity contribution in [2.24, 2.45) is 0 Å². The van der Waals surface area contributed by atoms with Crippen LogP contribution in [-0.4, -0.2) is 14.7 Å². The molecule has 4 rings (SSSR count). The summed E-state index contributed by atoms with van der Waals surface area (Å²) in [6, 6.07) is 21.2. The molecule has 1 aliphatic rings. The number of anilines is 1. The number of fused-ring (bicyclic) bond motifs is 2. The molecule has 0 aliphatic carbocycles. The average molecular weight is 395 g/mol. The SMILES string of the molecule is CS(=O)(=O)Nc1cccc(/C(F)=C2\c3ccccc3COc3ccccc32)c1. The number of rotatable bonds is 3. The van der Waals surface area contributed by atoms with Crippen LogP contribution in [0.1, 0.15) is 22.3 Å². The molecule has 0 spiro atoms. The van der Waals surface area contributed by atoms with Crippen LogP contribution in [0.25, 0.3) is 11.4 Å². The number of hydrogen-bond acceptors (Lipinski definition) is 3. The smallest absolute Gasteiger partial charge is 0.229 e. The molecule has 3 aromatic rings. The van der Waals surface area contributed by atoms with Gasteiger partial charge in [-0.05, 0) is 29.3 Å². The molecule has 1 N–H and O–H groups in total. The van der Waals surface area contributed by atoms with Crippen molar-refractivity contribution in [2.75, 3.05) is 11.0 Å². The van der Waals surface area contributed by atoms with Crippen molar-refractivity contribution in [1.82, 2.24) is 0 Å². The van der Waals surface area contributed by atoms with Crippen molar-refractivity contribution in [2.45, 2.75) is 6.61 Å². The summed E-state index contributed by atoms with van der Waals surface area (Å²) in [6.07, 6.45) is 1.06. The Morgan fingerprint density at radius 2 is 1.68 bits per heavy atom. The molecule has 3 aromatic carbocycles. The predicted molar refractivity (Wildman–Crippen MR) is 109 cm³/mol. The molecule has 0 saturated heterocycles. The van der Waals surface area contributed by atoms with E-state index in [9.17, 15) is 8.42 Å². The van der Waals surface area contributed by atoms with Gasteiger partial charge in [-0.3, -0.25) is 4.72 Å². The van der Waals surface area contributed by atoms with E-state index in [2.05, 4.69) is 4.72 Å². The normalized spacial score (nSPS) is 14.9. The minimum atomic E-state index is -3.46. The molecule has 0 saturated carbocycles. The fourth-order valence-electron chi connectivity index (χ4n) is 3.30. The maximum atomic E-state index is 15.8. The van der Waals surface area contributed by atoms with Gasteiger partial charge in [0.1, 0.15) is 18.2 Å². The molecule has 0 unspecified atom stereocenters. The lowest BCUT2D eigenvalue weighted by molar-refractivity contribution is 0.307. The van der Waals surface area contributed by atoms with Gasteiger partial charge in [-0.15, -0.1) is 0 Å². The summed E-state index contributed by atoms with van der Waals surface area (Å²) in [5, 5.41) is 0. The van der Waals surface area contributed by atoms with Crippen LogP contribution < -0.4 is 9.46 Å². The molecule has 0 atom stereocenters. The van der Waals surface area contributed by atoms with Crippen molar-refractivity contribution in [1.29, 1.82) is 0 Å². The van der Waals surface area contributed by atoms with E-state index in [1.165, 1.54) is 6.07 Å². The van der Waals surface area contributed by atoms with Crippen molar-refractivity contribution in [3.8, 4) is 5.75 Å². The maximum absolute atomic E-state index is 15.8. The Morgan fingerprint density at radius 1 is 0.964 bits per heavy atom. The highest BCUT2D eigenvalue weighted by Gasteiger charge is 2.23. The highest BCUT2D eigenvalue weighted by molar-refractivity contribution is 7.92. The topological polar surface area (TPSA) is 55.4 Å². The van der Waals surface area contributed by atoms with Gasteiger partial charge in [0.05, 0.1) is 6.26 Å². The van der Waals surface area contributed by atoms with Crippen LogP contribution in [0.2, 0.25) is 0 Å². The van der Waals surface area contributed by atoms with Crippen molar-refractivity contribution >= 4 is 27.1 Å². The van der Waals surface area contributed by atoms with Gasteiger partial charge in [0.25, 0.3) is 0 Å². The molecule has 0 amide bonds. The zero-order valence-corrected chi connectivity index (χ0v) is 16.0. The second-order valence-corrected chi connectivity index (χ2v) is 8.33. The van der Waals surface area contributed by atoms with Crippen LogP contribution in [0.5, 0.6) is 5.75 Å². The summed E-state index contributed by atoms with van der Waals surface area (Å²) in [5.74, 6) is 0.164. The Kier molecular flexibility index (Phi) is 4.65. The van der Waals surface area contributed by atoms with Crippen LogP contribution >= 0.6 is 0 Å². The lowest BCUT2D eigenvalue weighted by Gasteiger charge is -2.13. The largest absolute Gasteiger partial charge is 0.488 e. The highest BCUT2D eigenvalue weighted by Crippen LogP contribution is 2.41. The van der Waals surface area contributed by atoms with Gasteiger partial charge >= 0.3 is 0 Å². The average Bonchev–Trinajstić information content (AvgIpc) is 2.83. The molecule has 0 aromatic heterocycles. The molecule has 6 heteroatoms. The second-order valence-electron chi connectivity index (χ2n) is 6.59. The summed E-state index contributed by atoms with van der Waals surface area (Å²) >= 11 is 0. The fraction of sp³-hybridized carbons (Fsp3) is 0.0909. The van der Waals surface area contributed by atoms with E-state index in [4.69, 9.17) is 4.74 Å². The Morgan fingerprint density at radius 3 is 2.46 bits per heavy atom. The van der Waals surface area contributed by atoms with Crippen LogP contribution in [0, 0.1) is 0 Å². The molecular weight excluding hydrogens is 377 g/mol. The quantitative estimate of drug-likeness (QED) is 0.691. The number of hydrogen-bond donors (Lipinski definition) is 1. The second kappa shape index (κ2) is 7.13. The number of halogens is 1. The van der Waals surface area contributed by atoms with E-state index in [0.717, 1.165) is 17.4 Å². The van der Waals surface area contributed by atoms with Gasteiger partial charge in [0.2, 0.25) is 10.0 Å². The summed E-state index contributed by atoms with van der Waals surface area (Å²) in [6.45, 7) is 0.347. The van der Waals surface area contributed by atoms with Crippen LogP contribution in [-0.2, 0) is 16.6 Å². The van der Waals surface area contributed by atoms with E-state index in [1.54, 1.807) is 18.2 Å². The van der Waals surface area contributed by atoms with E-state index in [0.29, 0.717) is 29.2 Å². The molecule has 1 heterocycles. The lowest BCUT2D eigenvalue weighted by Crippen LogP contribution is -2.09. The third kappa shape index (κ3) is 3.64. The van der Waals surface area contributed by atoms with E-state index in [-0.39, 0.29) is 5.56 Å². The first-order valence-corrected chi connectivity index (χ1v) is 10.6. The fourth-order valence-corrected chi connectivity index (χ4v) is 3.86. The lowest BCUT2D eigenvalue weighted by atomic mass is 9.92. The van der Waals surface area contributed by atoms with Gasteiger partial charge in [-0.25, -0.2) is 12.8 Å². The van der Waals surface area contributed by atoms with Gasteiger partial charge in [-0.2, -0.15) is 0 Å². The molecule has 28 heavy (non-hydrogen) atoms. The van der Waals surface area contributed by atoms with E-state index >= 15 is 4.39 Å². The van der Waals surface area contributed by atoms with Crippen LogP contribution in [0.15, 0.2) is 72.8 Å². The minimum Gasteiger partial charge on any atom is -0.488 e. The molecule has 4 nitrogen and oxygen atoms in total. The molecule has 0 fully saturated rings. The third-order valence-corrected chi connectivity index (χ3v) is 5.07. The van der Waals surface area contributed by atoms with Gasteiger partial charge < -0.3 is 4.74 Å². The molecule has 142 valence electrons. The van der Waals surface area contributed by atoms with Gasteiger partial charge in [0.15, 0.2) is 0 Å². The van der Waals surface area contributed by atoms with Crippen LogP contribution in [0.3, 0.4) is 0 Å². The summed E-state index contributed by atoms with van der Waals surface area (Å²) in [7, 11) is -3.46. The summed E-state index contributed by atoms with van der Waals surface area (Å²) in [5.41, 5.74) is 3.32. The summed E-state index contributed by atoms with van der Waals surface area (Å²) < 4.78 is 47.1. The van der Waals surface area contributed by atoms with Crippen molar-refractivity contribution < 1.29 is 17.5 Å². The van der Waals surface area contributed by atoms with Crippen molar-refractivity contribution in [3.05, 3.63) is 95.1 Å². The summed E-state index contributed by atoms with van der Waals surface area (Å²) in [4.78, 5) is 0. The zero-order valence-electron chi connectivity index (χ0n) is 15.1. The zero-order chi connectivity index (χ0) is 19.7. The number of para-hydroxylation sites is 1. The third-order valence-electron chi connectivity index (χ3n) is 4.47. The first-order chi connectivity index (χ1) is 13.4. The molecule has 0 radical (unpaired) electrons. The number of ether oxygens (including phenoxy) is 1. The van der Waals surface area contributed by atoms with Crippen LogP contribution in [0.4, 0.5) is 10.1 Å². The predicted octanol–water partition coefficient (Wildman–Crippen LogP) is 4.84. The van der Waals surface area contributed by atoms with E-state index < -0.39 is 15.9 Å². The first kappa shape index (κ1) is 18.3. The molecular formula is C22H18FNO3S. The monoisotopic (exact) mass is 395 g/mol. The van der Waals surface area contributed by atoms with Gasteiger partial charge in [-0.1, -0.05) is 54.6 Å². The Balaban J connectivity index is 1.94. The first-order valence-electron chi connectivity index (χ1n) is 8.71. The number of benzene rings is 3. The van der Waals surface area contributed by atoms with E-state index in [1.807, 2.05) is 48.5 Å². The standard InChI is InChI=1S/C22H18FNO3S/c1-28(25,26)24-17-9-6-8-15(13-17)22(23)21-18-10-3-2-7-16(18)14-27-20-12-5-4-11-19(20)21/h2-13,24H,14H2,1H3/b22-21-. The molecule has 0 bridgehead atoms. The number of nitrogens with one attached hydrogen (secondary N) is 1. The Labute approximate surface area is 163 Å². The highest BCUT2D eigenvalue weighted by atomic mass is 32.2. The Hall–Kier alpha value is -3.12. The minimum absolute atomic E-state index is 0.287. The Bertz CT molecular complexity index is 1140.